The molecule has 0 spiro atoms. The molecule has 0 aliphatic heterocycles. The minimum absolute atomic E-state index is 0.142. The Hall–Kier alpha value is -2.90. The predicted molar refractivity (Wildman–Crippen MR) is 73.9 cm³/mol. The Kier molecular flexibility index (Phi) is 4.50. The molecule has 0 unspecified atom stereocenters. The van der Waals surface area contributed by atoms with Crippen LogP contribution in [0.4, 0.5) is 5.69 Å². The van der Waals surface area contributed by atoms with E-state index in [-0.39, 0.29) is 23.3 Å². The maximum Gasteiger partial charge on any atom is 0.319 e. The number of anilines is 1. The molecule has 0 aromatic carbocycles. The molecule has 1 amide bonds. The summed E-state index contributed by atoms with van der Waals surface area (Å²) in [5.74, 6) is 0.00784. The minimum atomic E-state index is -0.410. The monoisotopic (exact) mass is 290 g/mol. The van der Waals surface area contributed by atoms with Crippen molar-refractivity contribution in [2.75, 3.05) is 26.6 Å². The van der Waals surface area contributed by atoms with Gasteiger partial charge in [-0.05, 0) is 12.1 Å². The summed E-state index contributed by atoms with van der Waals surface area (Å²) in [6.07, 6.45) is 2.93. The third kappa shape index (κ3) is 3.16. The molecule has 0 bridgehead atoms. The highest BCUT2D eigenvalue weighted by atomic mass is 16.5. The average molecular weight is 290 g/mol. The Morgan fingerprint density at radius 3 is 2.52 bits per heavy atom. The van der Waals surface area contributed by atoms with E-state index in [9.17, 15) is 4.79 Å². The summed E-state index contributed by atoms with van der Waals surface area (Å²) in [5.41, 5.74) is 0.604. The topological polar surface area (TPSA) is 95.5 Å². The van der Waals surface area contributed by atoms with Gasteiger partial charge in [0.15, 0.2) is 0 Å². The van der Waals surface area contributed by atoms with E-state index >= 15 is 0 Å². The van der Waals surface area contributed by atoms with Gasteiger partial charge in [-0.25, -0.2) is 9.97 Å². The van der Waals surface area contributed by atoms with Crippen molar-refractivity contribution in [3.8, 4) is 17.8 Å². The number of nitrogens with one attached hydrogen (secondary N) is 1. The maximum atomic E-state index is 12.2. The van der Waals surface area contributed by atoms with Crippen molar-refractivity contribution in [3.05, 3.63) is 30.1 Å². The number of carbonyl (C=O) groups excluding carboxylic acids is 1. The zero-order valence-electron chi connectivity index (χ0n) is 11.8. The fourth-order valence-electron chi connectivity index (χ4n) is 1.61. The van der Waals surface area contributed by atoms with E-state index in [1.165, 1.54) is 33.7 Å². The van der Waals surface area contributed by atoms with Crippen LogP contribution in [0.3, 0.4) is 0 Å². The molecule has 0 fully saturated rings. The fraction of sp³-hybridized carbons (Fsp3) is 0.231. The summed E-state index contributed by atoms with van der Waals surface area (Å²) in [5, 5.41) is 2.64. The molecule has 0 atom stereocenters. The Labute approximate surface area is 121 Å². The van der Waals surface area contributed by atoms with E-state index in [0.29, 0.717) is 5.69 Å². The number of rotatable bonds is 5. The molecule has 0 saturated carbocycles. The number of amides is 1. The summed E-state index contributed by atoms with van der Waals surface area (Å²) >= 11 is 0. The molecule has 2 heterocycles. The normalized spacial score (nSPS) is 9.86. The minimum Gasteiger partial charge on any atom is -0.480 e. The smallest absolute Gasteiger partial charge is 0.319 e. The van der Waals surface area contributed by atoms with Gasteiger partial charge in [0.25, 0.3) is 5.91 Å². The van der Waals surface area contributed by atoms with Crippen molar-refractivity contribution in [1.82, 2.24) is 15.0 Å². The lowest BCUT2D eigenvalue weighted by atomic mass is 10.2. The van der Waals surface area contributed by atoms with Gasteiger partial charge >= 0.3 is 6.01 Å². The van der Waals surface area contributed by atoms with Gasteiger partial charge in [-0.1, -0.05) is 0 Å². The first kappa shape index (κ1) is 14.5. The number of pyridine rings is 1. The van der Waals surface area contributed by atoms with Gasteiger partial charge in [-0.2, -0.15) is 4.98 Å². The van der Waals surface area contributed by atoms with Crippen LogP contribution in [-0.2, 0) is 0 Å². The summed E-state index contributed by atoms with van der Waals surface area (Å²) in [7, 11) is 4.31. The number of carbonyl (C=O) groups is 1. The molecule has 2 aromatic rings. The average Bonchev–Trinajstić information content (AvgIpc) is 2.55. The number of ether oxygens (including phenoxy) is 3. The van der Waals surface area contributed by atoms with Crippen molar-refractivity contribution in [3.63, 3.8) is 0 Å². The Balaban J connectivity index is 2.27. The first-order valence-corrected chi connectivity index (χ1v) is 5.95. The second-order valence-electron chi connectivity index (χ2n) is 3.79. The standard InChI is InChI=1S/C13H14N4O4/c1-19-11-8(5-4-6-14-11)10(18)16-9-7-15-13(21-3)17-12(9)20-2/h4-7H,1-3H3,(H,16,18). The number of methoxy groups -OCH3 is 3. The second-order valence-corrected chi connectivity index (χ2v) is 3.79. The summed E-state index contributed by atoms with van der Waals surface area (Å²) in [6.45, 7) is 0. The number of nitrogens with zero attached hydrogens (tertiary/aromatic N) is 3. The van der Waals surface area contributed by atoms with Gasteiger partial charge in [-0.15, -0.1) is 0 Å². The van der Waals surface area contributed by atoms with Gasteiger partial charge in [-0.3, -0.25) is 4.79 Å². The highest BCUT2D eigenvalue weighted by molar-refractivity contribution is 6.06. The third-order valence-electron chi connectivity index (χ3n) is 2.56. The first-order chi connectivity index (χ1) is 10.2. The van der Waals surface area contributed by atoms with E-state index in [4.69, 9.17) is 14.2 Å². The summed E-state index contributed by atoms with van der Waals surface area (Å²) < 4.78 is 15.0. The number of aromatic nitrogens is 3. The van der Waals surface area contributed by atoms with Gasteiger partial charge in [0.2, 0.25) is 11.8 Å². The molecule has 1 N–H and O–H groups in total. The van der Waals surface area contributed by atoms with Crippen LogP contribution in [0.15, 0.2) is 24.5 Å². The van der Waals surface area contributed by atoms with Crippen molar-refractivity contribution in [1.29, 1.82) is 0 Å². The quantitative estimate of drug-likeness (QED) is 0.882. The molecule has 0 aliphatic rings. The molecule has 21 heavy (non-hydrogen) atoms. The van der Waals surface area contributed by atoms with E-state index in [2.05, 4.69) is 20.3 Å². The maximum absolute atomic E-state index is 12.2. The molecule has 0 aliphatic carbocycles. The van der Waals surface area contributed by atoms with Crippen LogP contribution >= 0.6 is 0 Å². The summed E-state index contributed by atoms with van der Waals surface area (Å²) in [6, 6.07) is 3.38. The van der Waals surface area contributed by atoms with Gasteiger partial charge in [0, 0.05) is 6.20 Å². The van der Waals surface area contributed by atoms with Crippen LogP contribution in [0.2, 0.25) is 0 Å². The van der Waals surface area contributed by atoms with Crippen LogP contribution in [-0.4, -0.2) is 42.2 Å². The number of hydrogen-bond acceptors (Lipinski definition) is 7. The Morgan fingerprint density at radius 1 is 1.10 bits per heavy atom. The third-order valence-corrected chi connectivity index (χ3v) is 2.56. The van der Waals surface area contributed by atoms with E-state index in [1.807, 2.05) is 0 Å². The molecule has 2 rings (SSSR count). The molecule has 0 radical (unpaired) electrons. The molecule has 110 valence electrons. The molecule has 2 aromatic heterocycles. The highest BCUT2D eigenvalue weighted by Gasteiger charge is 2.16. The molecular formula is C13H14N4O4. The largest absolute Gasteiger partial charge is 0.480 e. The lowest BCUT2D eigenvalue weighted by Crippen LogP contribution is -2.15. The molecule has 0 saturated heterocycles. The second kappa shape index (κ2) is 6.51. The van der Waals surface area contributed by atoms with Crippen LogP contribution in [0.25, 0.3) is 0 Å². The van der Waals surface area contributed by atoms with E-state index in [1.54, 1.807) is 12.1 Å². The van der Waals surface area contributed by atoms with Crippen molar-refractivity contribution in [2.45, 2.75) is 0 Å². The molecule has 8 nitrogen and oxygen atoms in total. The highest BCUT2D eigenvalue weighted by Crippen LogP contribution is 2.24. The molecule has 8 heteroatoms. The van der Waals surface area contributed by atoms with E-state index in [0.717, 1.165) is 0 Å². The van der Waals surface area contributed by atoms with Crippen LogP contribution in [0.5, 0.6) is 17.8 Å². The Bertz CT molecular complexity index is 648. The zero-order chi connectivity index (χ0) is 15.2. The van der Waals surface area contributed by atoms with E-state index < -0.39 is 5.91 Å². The predicted octanol–water partition coefficient (Wildman–Crippen LogP) is 1.15. The zero-order valence-corrected chi connectivity index (χ0v) is 11.8. The Morgan fingerprint density at radius 2 is 1.86 bits per heavy atom. The van der Waals surface area contributed by atoms with Gasteiger partial charge < -0.3 is 19.5 Å². The lowest BCUT2D eigenvalue weighted by Gasteiger charge is -2.10. The first-order valence-electron chi connectivity index (χ1n) is 5.95. The van der Waals surface area contributed by atoms with Crippen molar-refractivity contribution < 1.29 is 19.0 Å². The van der Waals surface area contributed by atoms with Crippen LogP contribution in [0.1, 0.15) is 10.4 Å². The fourth-order valence-corrected chi connectivity index (χ4v) is 1.61. The van der Waals surface area contributed by atoms with Crippen molar-refractivity contribution >= 4 is 11.6 Å². The SMILES string of the molecule is COc1ncc(NC(=O)c2cccnc2OC)c(OC)n1. The van der Waals surface area contributed by atoms with Gasteiger partial charge in [0.1, 0.15) is 11.3 Å². The lowest BCUT2D eigenvalue weighted by molar-refractivity contribution is 0.102. The van der Waals surface area contributed by atoms with Crippen LogP contribution < -0.4 is 19.5 Å². The number of hydrogen-bond donors (Lipinski definition) is 1. The van der Waals surface area contributed by atoms with Crippen LogP contribution in [0, 0.1) is 0 Å². The van der Waals surface area contributed by atoms with Crippen molar-refractivity contribution in [2.24, 2.45) is 0 Å². The van der Waals surface area contributed by atoms with Gasteiger partial charge in [0.05, 0.1) is 27.5 Å². The molecular weight excluding hydrogens is 276 g/mol. The summed E-state index contributed by atoms with van der Waals surface area (Å²) in [4.78, 5) is 24.1.